The van der Waals surface area contributed by atoms with Crippen LogP contribution in [-0.2, 0) is 4.74 Å². The average Bonchev–Trinajstić information content (AvgIpc) is 2.34. The maximum absolute atomic E-state index is 5.07. The molecule has 0 aromatic carbocycles. The van der Waals surface area contributed by atoms with Gasteiger partial charge in [0.2, 0.25) is 0 Å². The second-order valence-corrected chi connectivity index (χ2v) is 5.94. The van der Waals surface area contributed by atoms with Gasteiger partial charge >= 0.3 is 0 Å². The molecule has 1 N–H and O–H groups in total. The molecule has 0 radical (unpaired) electrons. The molecule has 0 heterocycles. The highest BCUT2D eigenvalue weighted by atomic mass is 16.5. The van der Waals surface area contributed by atoms with E-state index in [2.05, 4.69) is 19.2 Å². The minimum absolute atomic E-state index is 0.798. The lowest BCUT2D eigenvalue weighted by Crippen LogP contribution is -2.30. The van der Waals surface area contributed by atoms with Gasteiger partial charge in [-0.25, -0.2) is 0 Å². The minimum Gasteiger partial charge on any atom is -0.383 e. The van der Waals surface area contributed by atoms with Crippen LogP contribution >= 0.6 is 0 Å². The zero-order valence-electron chi connectivity index (χ0n) is 12.0. The van der Waals surface area contributed by atoms with Gasteiger partial charge in [-0.15, -0.1) is 0 Å². The number of rotatable bonds is 8. The first-order valence-electron chi connectivity index (χ1n) is 7.43. The molecule has 0 aromatic rings. The number of nitrogens with one attached hydrogen (secondary N) is 1. The fraction of sp³-hybridized carbons (Fsp3) is 1.00. The van der Waals surface area contributed by atoms with Crippen molar-refractivity contribution in [1.82, 2.24) is 5.32 Å². The van der Waals surface area contributed by atoms with Crippen molar-refractivity contribution in [2.24, 2.45) is 17.8 Å². The van der Waals surface area contributed by atoms with Gasteiger partial charge in [0.25, 0.3) is 0 Å². The Kier molecular flexibility index (Phi) is 7.87. The second-order valence-electron chi connectivity index (χ2n) is 5.94. The maximum atomic E-state index is 5.07. The van der Waals surface area contributed by atoms with E-state index in [1.807, 2.05) is 0 Å². The molecule has 1 rings (SSSR count). The van der Waals surface area contributed by atoms with Crippen LogP contribution in [0.5, 0.6) is 0 Å². The van der Waals surface area contributed by atoms with Gasteiger partial charge in [-0.3, -0.25) is 0 Å². The fourth-order valence-corrected chi connectivity index (χ4v) is 2.90. The first-order chi connectivity index (χ1) is 8.24. The van der Waals surface area contributed by atoms with Crippen molar-refractivity contribution in [3.05, 3.63) is 0 Å². The lowest BCUT2D eigenvalue weighted by atomic mass is 9.79. The standard InChI is InChI=1S/C15H31NO/c1-13(2)15(12-16-9-10-17-3)11-14-7-5-4-6-8-14/h13-16H,4-12H2,1-3H3. The Bertz CT molecular complexity index is 176. The summed E-state index contributed by atoms with van der Waals surface area (Å²) in [5.74, 6) is 2.64. The molecule has 0 aliphatic heterocycles. The number of ether oxygens (including phenoxy) is 1. The van der Waals surface area contributed by atoms with Crippen LogP contribution in [0, 0.1) is 17.8 Å². The molecule has 1 fully saturated rings. The molecule has 0 bridgehead atoms. The zero-order chi connectivity index (χ0) is 12.5. The normalized spacial score (nSPS) is 19.8. The molecular weight excluding hydrogens is 210 g/mol. The van der Waals surface area contributed by atoms with Gasteiger partial charge in [-0.05, 0) is 30.7 Å². The van der Waals surface area contributed by atoms with Crippen molar-refractivity contribution in [2.75, 3.05) is 26.8 Å². The lowest BCUT2D eigenvalue weighted by molar-refractivity contribution is 0.191. The van der Waals surface area contributed by atoms with Crippen LogP contribution in [0.1, 0.15) is 52.4 Å². The highest BCUT2D eigenvalue weighted by molar-refractivity contribution is 4.74. The van der Waals surface area contributed by atoms with Crippen molar-refractivity contribution in [1.29, 1.82) is 0 Å². The predicted octanol–water partition coefficient (Wildman–Crippen LogP) is 3.47. The Morgan fingerprint density at radius 3 is 2.47 bits per heavy atom. The quantitative estimate of drug-likeness (QED) is 0.657. The summed E-state index contributed by atoms with van der Waals surface area (Å²) in [5.41, 5.74) is 0. The van der Waals surface area contributed by atoms with Crippen LogP contribution in [0.15, 0.2) is 0 Å². The van der Waals surface area contributed by atoms with E-state index >= 15 is 0 Å². The fourth-order valence-electron chi connectivity index (χ4n) is 2.90. The predicted molar refractivity (Wildman–Crippen MR) is 74.3 cm³/mol. The van der Waals surface area contributed by atoms with E-state index in [9.17, 15) is 0 Å². The first-order valence-corrected chi connectivity index (χ1v) is 7.43. The van der Waals surface area contributed by atoms with E-state index in [1.54, 1.807) is 7.11 Å². The van der Waals surface area contributed by atoms with Crippen LogP contribution < -0.4 is 5.32 Å². The summed E-state index contributed by atoms with van der Waals surface area (Å²) in [7, 11) is 1.77. The number of methoxy groups -OCH3 is 1. The Labute approximate surface area is 108 Å². The Morgan fingerprint density at radius 1 is 1.18 bits per heavy atom. The van der Waals surface area contributed by atoms with E-state index in [0.29, 0.717) is 0 Å². The molecule has 0 spiro atoms. The van der Waals surface area contributed by atoms with E-state index < -0.39 is 0 Å². The van der Waals surface area contributed by atoms with E-state index in [1.165, 1.54) is 38.5 Å². The third-order valence-electron chi connectivity index (χ3n) is 4.19. The van der Waals surface area contributed by atoms with Gasteiger partial charge in [0.15, 0.2) is 0 Å². The summed E-state index contributed by atoms with van der Waals surface area (Å²) >= 11 is 0. The maximum Gasteiger partial charge on any atom is 0.0587 e. The van der Waals surface area contributed by atoms with Gasteiger partial charge < -0.3 is 10.1 Å². The highest BCUT2D eigenvalue weighted by Gasteiger charge is 2.20. The summed E-state index contributed by atoms with van der Waals surface area (Å²) in [5, 5.41) is 3.53. The minimum atomic E-state index is 0.798. The molecule has 1 aliphatic rings. The van der Waals surface area contributed by atoms with Gasteiger partial charge in [0.1, 0.15) is 0 Å². The smallest absolute Gasteiger partial charge is 0.0587 e. The monoisotopic (exact) mass is 241 g/mol. The first kappa shape index (κ1) is 15.0. The Balaban J connectivity index is 2.21. The lowest BCUT2D eigenvalue weighted by Gasteiger charge is -2.29. The second kappa shape index (κ2) is 8.93. The van der Waals surface area contributed by atoms with Crippen LogP contribution in [-0.4, -0.2) is 26.8 Å². The molecule has 0 saturated heterocycles. The van der Waals surface area contributed by atoms with Gasteiger partial charge in [-0.1, -0.05) is 46.0 Å². The largest absolute Gasteiger partial charge is 0.383 e. The number of hydrogen-bond donors (Lipinski definition) is 1. The summed E-state index contributed by atoms with van der Waals surface area (Å²) in [4.78, 5) is 0. The molecule has 102 valence electrons. The van der Waals surface area contributed by atoms with Gasteiger partial charge in [0, 0.05) is 13.7 Å². The van der Waals surface area contributed by atoms with Gasteiger partial charge in [-0.2, -0.15) is 0 Å². The summed E-state index contributed by atoms with van der Waals surface area (Å²) < 4.78 is 5.07. The Morgan fingerprint density at radius 2 is 1.88 bits per heavy atom. The SMILES string of the molecule is COCCNCC(CC1CCCCC1)C(C)C. The third-order valence-corrected chi connectivity index (χ3v) is 4.19. The molecule has 0 amide bonds. The van der Waals surface area contributed by atoms with E-state index in [-0.39, 0.29) is 0 Å². The average molecular weight is 241 g/mol. The van der Waals surface area contributed by atoms with Crippen molar-refractivity contribution in [2.45, 2.75) is 52.4 Å². The van der Waals surface area contributed by atoms with Crippen molar-refractivity contribution in [3.63, 3.8) is 0 Å². The summed E-state index contributed by atoms with van der Waals surface area (Å²) in [6, 6.07) is 0. The van der Waals surface area contributed by atoms with Crippen LogP contribution in [0.25, 0.3) is 0 Å². The molecule has 1 saturated carbocycles. The van der Waals surface area contributed by atoms with Crippen LogP contribution in [0.2, 0.25) is 0 Å². The van der Waals surface area contributed by atoms with Gasteiger partial charge in [0.05, 0.1) is 6.61 Å². The third kappa shape index (κ3) is 6.42. The molecule has 1 aliphatic carbocycles. The molecule has 2 heteroatoms. The molecule has 1 unspecified atom stereocenters. The molecule has 17 heavy (non-hydrogen) atoms. The molecular formula is C15H31NO. The van der Waals surface area contributed by atoms with Crippen molar-refractivity contribution in [3.8, 4) is 0 Å². The van der Waals surface area contributed by atoms with Crippen LogP contribution in [0.4, 0.5) is 0 Å². The Hall–Kier alpha value is -0.0800. The molecule has 0 aromatic heterocycles. The summed E-state index contributed by atoms with van der Waals surface area (Å²) in [6.45, 7) is 7.72. The highest BCUT2D eigenvalue weighted by Crippen LogP contribution is 2.31. The molecule has 2 nitrogen and oxygen atoms in total. The zero-order valence-corrected chi connectivity index (χ0v) is 12.0. The van der Waals surface area contributed by atoms with E-state index in [0.717, 1.165) is 37.5 Å². The number of hydrogen-bond acceptors (Lipinski definition) is 2. The van der Waals surface area contributed by atoms with Crippen LogP contribution in [0.3, 0.4) is 0 Å². The van der Waals surface area contributed by atoms with Crippen molar-refractivity contribution >= 4 is 0 Å². The molecule has 1 atom stereocenters. The van der Waals surface area contributed by atoms with E-state index in [4.69, 9.17) is 4.74 Å². The summed E-state index contributed by atoms with van der Waals surface area (Å²) in [6.07, 6.45) is 8.77. The topological polar surface area (TPSA) is 21.3 Å². The van der Waals surface area contributed by atoms with Crippen molar-refractivity contribution < 1.29 is 4.74 Å².